The second-order valence-electron chi connectivity index (χ2n) is 3.14. The summed E-state index contributed by atoms with van der Waals surface area (Å²) in [6.45, 7) is 2.03. The molecule has 0 N–H and O–H groups in total. The molecule has 1 aromatic heterocycles. The zero-order valence-electron chi connectivity index (χ0n) is 8.54. The van der Waals surface area contributed by atoms with Crippen molar-refractivity contribution in [3.8, 4) is 10.9 Å². The highest BCUT2D eigenvalue weighted by molar-refractivity contribution is 9.10. The quantitative estimate of drug-likeness (QED) is 0.838. The minimum absolute atomic E-state index is 0.343. The fourth-order valence-electron chi connectivity index (χ4n) is 1.14. The first-order valence-corrected chi connectivity index (χ1v) is 6.43. The van der Waals surface area contributed by atoms with Crippen LogP contribution in [-0.4, -0.2) is 4.98 Å². The number of ether oxygens (including phenoxy) is 1. The van der Waals surface area contributed by atoms with Crippen LogP contribution in [0.2, 0.25) is 0 Å². The summed E-state index contributed by atoms with van der Waals surface area (Å²) in [7, 11) is 0. The van der Waals surface area contributed by atoms with Crippen LogP contribution in [0.4, 0.5) is 4.39 Å². The van der Waals surface area contributed by atoms with Gasteiger partial charge in [0.15, 0.2) is 0 Å². The first-order valence-electron chi connectivity index (χ1n) is 4.76. The fourth-order valence-corrected chi connectivity index (χ4v) is 2.16. The molecule has 0 radical (unpaired) electrons. The molecule has 0 fully saturated rings. The lowest BCUT2D eigenvalue weighted by molar-refractivity contribution is 0.471. The molecule has 0 aliphatic rings. The van der Waals surface area contributed by atoms with Gasteiger partial charge in [0, 0.05) is 11.4 Å². The molecule has 0 aliphatic carbocycles. The average Bonchev–Trinajstić information content (AvgIpc) is 2.71. The fraction of sp³-hybridized carbons (Fsp3) is 0.182. The van der Waals surface area contributed by atoms with Crippen LogP contribution in [0.15, 0.2) is 28.1 Å². The van der Waals surface area contributed by atoms with Crippen molar-refractivity contribution >= 4 is 27.3 Å². The number of hydrogen-bond donors (Lipinski definition) is 0. The van der Waals surface area contributed by atoms with Gasteiger partial charge in [-0.2, -0.15) is 0 Å². The highest BCUT2D eigenvalue weighted by atomic mass is 79.9. The highest BCUT2D eigenvalue weighted by Crippen LogP contribution is 2.27. The molecule has 0 saturated carbocycles. The van der Waals surface area contributed by atoms with Crippen LogP contribution in [-0.2, 0) is 6.42 Å². The Hall–Kier alpha value is -0.940. The number of rotatable bonds is 3. The predicted octanol–water partition coefficient (Wildman–Crippen LogP) is 4.40. The molecule has 0 unspecified atom stereocenters. The molecule has 2 rings (SSSR count). The molecule has 0 saturated heterocycles. The first kappa shape index (κ1) is 11.5. The molecule has 1 aromatic carbocycles. The number of benzene rings is 1. The number of aromatic nitrogens is 1. The van der Waals surface area contributed by atoms with Gasteiger partial charge in [0.1, 0.15) is 11.6 Å². The second kappa shape index (κ2) is 4.93. The topological polar surface area (TPSA) is 22.1 Å². The van der Waals surface area contributed by atoms with Gasteiger partial charge < -0.3 is 4.74 Å². The third-order valence-electron chi connectivity index (χ3n) is 1.99. The Morgan fingerprint density at radius 3 is 2.94 bits per heavy atom. The van der Waals surface area contributed by atoms with Gasteiger partial charge in [-0.1, -0.05) is 18.3 Å². The number of nitrogens with zero attached hydrogens (tertiary/aromatic N) is 1. The molecule has 0 spiro atoms. The van der Waals surface area contributed by atoms with Crippen LogP contribution in [0.5, 0.6) is 10.9 Å². The predicted molar refractivity (Wildman–Crippen MR) is 65.7 cm³/mol. The van der Waals surface area contributed by atoms with E-state index >= 15 is 0 Å². The maximum absolute atomic E-state index is 13.2. The molecule has 0 atom stereocenters. The summed E-state index contributed by atoms with van der Waals surface area (Å²) in [5.74, 6) is 0.113. The van der Waals surface area contributed by atoms with E-state index in [2.05, 4.69) is 20.9 Å². The number of hydrogen-bond acceptors (Lipinski definition) is 3. The van der Waals surface area contributed by atoms with E-state index in [1.165, 1.54) is 17.4 Å². The smallest absolute Gasteiger partial charge is 0.278 e. The molecule has 2 aromatic rings. The van der Waals surface area contributed by atoms with E-state index in [0.29, 0.717) is 15.4 Å². The Labute approximate surface area is 105 Å². The van der Waals surface area contributed by atoms with Gasteiger partial charge in [0.2, 0.25) is 0 Å². The molecule has 84 valence electrons. The van der Waals surface area contributed by atoms with E-state index in [0.717, 1.165) is 12.1 Å². The van der Waals surface area contributed by atoms with Crippen LogP contribution < -0.4 is 4.74 Å². The van der Waals surface area contributed by atoms with E-state index in [4.69, 9.17) is 4.74 Å². The van der Waals surface area contributed by atoms with Crippen molar-refractivity contribution in [2.24, 2.45) is 0 Å². The van der Waals surface area contributed by atoms with Crippen molar-refractivity contribution in [3.63, 3.8) is 0 Å². The largest absolute Gasteiger partial charge is 0.431 e. The zero-order chi connectivity index (χ0) is 11.5. The van der Waals surface area contributed by atoms with Gasteiger partial charge in [-0.25, -0.2) is 9.37 Å². The number of thiazole rings is 1. The molecule has 5 heteroatoms. The van der Waals surface area contributed by atoms with Crippen molar-refractivity contribution in [2.45, 2.75) is 13.3 Å². The summed E-state index contributed by atoms with van der Waals surface area (Å²) < 4.78 is 19.1. The standard InChI is InChI=1S/C11H9BrFNOS/c1-2-7-6-16-11(14-7)15-8-3-4-9(12)10(13)5-8/h3-6H,2H2,1H3. The lowest BCUT2D eigenvalue weighted by Gasteiger charge is -2.02. The Morgan fingerprint density at radius 1 is 1.50 bits per heavy atom. The van der Waals surface area contributed by atoms with Crippen LogP contribution in [0.25, 0.3) is 0 Å². The molecule has 0 aliphatic heterocycles. The third-order valence-corrected chi connectivity index (χ3v) is 3.40. The van der Waals surface area contributed by atoms with Crippen molar-refractivity contribution < 1.29 is 9.13 Å². The van der Waals surface area contributed by atoms with E-state index in [-0.39, 0.29) is 5.82 Å². The number of aryl methyl sites for hydroxylation is 1. The molecule has 0 bridgehead atoms. The summed E-state index contributed by atoms with van der Waals surface area (Å²) >= 11 is 4.50. The molecular weight excluding hydrogens is 293 g/mol. The highest BCUT2D eigenvalue weighted by Gasteiger charge is 2.05. The molecular formula is C11H9BrFNOS. The van der Waals surface area contributed by atoms with Crippen LogP contribution in [0.1, 0.15) is 12.6 Å². The minimum atomic E-state index is -0.343. The lowest BCUT2D eigenvalue weighted by atomic mass is 10.3. The van der Waals surface area contributed by atoms with Gasteiger partial charge in [-0.05, 0) is 34.5 Å². The molecule has 1 heterocycles. The summed E-state index contributed by atoms with van der Waals surface area (Å²) in [5.41, 5.74) is 0.984. The van der Waals surface area contributed by atoms with Crippen LogP contribution in [0, 0.1) is 5.82 Å². The second-order valence-corrected chi connectivity index (χ2v) is 4.81. The van der Waals surface area contributed by atoms with Gasteiger partial charge >= 0.3 is 0 Å². The van der Waals surface area contributed by atoms with Gasteiger partial charge in [0.25, 0.3) is 5.19 Å². The average molecular weight is 302 g/mol. The molecule has 0 amide bonds. The van der Waals surface area contributed by atoms with E-state index in [1.54, 1.807) is 12.1 Å². The van der Waals surface area contributed by atoms with Crippen LogP contribution in [0.3, 0.4) is 0 Å². The van der Waals surface area contributed by atoms with Crippen LogP contribution >= 0.6 is 27.3 Å². The van der Waals surface area contributed by atoms with Gasteiger partial charge in [0.05, 0.1) is 10.2 Å². The first-order chi connectivity index (χ1) is 7.69. The molecule has 16 heavy (non-hydrogen) atoms. The summed E-state index contributed by atoms with van der Waals surface area (Å²) in [6.07, 6.45) is 0.870. The van der Waals surface area contributed by atoms with E-state index in [1.807, 2.05) is 12.3 Å². The summed E-state index contributed by atoms with van der Waals surface area (Å²) in [4.78, 5) is 4.24. The zero-order valence-corrected chi connectivity index (χ0v) is 10.9. The Kier molecular flexibility index (Phi) is 3.56. The van der Waals surface area contributed by atoms with Crippen molar-refractivity contribution in [1.82, 2.24) is 4.98 Å². The maximum Gasteiger partial charge on any atom is 0.278 e. The van der Waals surface area contributed by atoms with E-state index in [9.17, 15) is 4.39 Å². The Morgan fingerprint density at radius 2 is 2.31 bits per heavy atom. The lowest BCUT2D eigenvalue weighted by Crippen LogP contribution is -1.86. The Balaban J connectivity index is 2.17. The Bertz CT molecular complexity index is 500. The summed E-state index contributed by atoms with van der Waals surface area (Å²) in [5, 5.41) is 2.48. The summed E-state index contributed by atoms with van der Waals surface area (Å²) in [6, 6.07) is 4.64. The normalized spacial score (nSPS) is 10.4. The van der Waals surface area contributed by atoms with E-state index < -0.39 is 0 Å². The minimum Gasteiger partial charge on any atom is -0.431 e. The SMILES string of the molecule is CCc1csc(Oc2ccc(Br)c(F)c2)n1. The number of halogens is 2. The maximum atomic E-state index is 13.2. The third kappa shape index (κ3) is 2.59. The van der Waals surface area contributed by atoms with Gasteiger partial charge in [-0.3, -0.25) is 0 Å². The van der Waals surface area contributed by atoms with Crippen molar-refractivity contribution in [1.29, 1.82) is 0 Å². The molecule has 2 nitrogen and oxygen atoms in total. The van der Waals surface area contributed by atoms with Gasteiger partial charge in [-0.15, -0.1) is 0 Å². The van der Waals surface area contributed by atoms with Crippen molar-refractivity contribution in [3.05, 3.63) is 39.6 Å². The van der Waals surface area contributed by atoms with Crippen molar-refractivity contribution in [2.75, 3.05) is 0 Å². The monoisotopic (exact) mass is 301 g/mol.